The van der Waals surface area contributed by atoms with Crippen molar-refractivity contribution < 1.29 is 9.53 Å². The number of benzene rings is 1. The number of carbonyl (C=O) groups is 1. The van der Waals surface area contributed by atoms with Crippen molar-refractivity contribution in [3.63, 3.8) is 0 Å². The minimum Gasteiger partial charge on any atom is -0.377 e. The Kier molecular flexibility index (Phi) is 4.91. The highest BCUT2D eigenvalue weighted by Gasteiger charge is 2.35. The third kappa shape index (κ3) is 3.26. The van der Waals surface area contributed by atoms with Gasteiger partial charge in [0, 0.05) is 23.2 Å². The summed E-state index contributed by atoms with van der Waals surface area (Å²) in [7, 11) is 0. The van der Waals surface area contributed by atoms with Crippen LogP contribution >= 0.6 is 23.2 Å². The van der Waals surface area contributed by atoms with E-state index in [-0.39, 0.29) is 6.10 Å². The Bertz CT molecular complexity index is 504. The molecule has 2 unspecified atom stereocenters. The highest BCUT2D eigenvalue weighted by Crippen LogP contribution is 2.30. The lowest BCUT2D eigenvalue weighted by Gasteiger charge is -2.30. The van der Waals surface area contributed by atoms with Gasteiger partial charge in [-0.25, -0.2) is 0 Å². The average molecular weight is 317 g/mol. The molecule has 0 spiro atoms. The number of primary amides is 1. The van der Waals surface area contributed by atoms with E-state index in [0.29, 0.717) is 22.2 Å². The summed E-state index contributed by atoms with van der Waals surface area (Å²) in [6.07, 6.45) is 2.14. The maximum absolute atomic E-state index is 11.9. The molecule has 3 N–H and O–H groups in total. The molecule has 20 heavy (non-hydrogen) atoms. The number of halogens is 2. The number of amides is 1. The van der Waals surface area contributed by atoms with Gasteiger partial charge < -0.3 is 10.5 Å². The maximum atomic E-state index is 11.9. The molecule has 1 heterocycles. The van der Waals surface area contributed by atoms with Gasteiger partial charge in [0.05, 0.1) is 6.10 Å². The Balaban J connectivity index is 2.21. The zero-order valence-corrected chi connectivity index (χ0v) is 12.8. The van der Waals surface area contributed by atoms with Crippen LogP contribution in [-0.4, -0.2) is 25.2 Å². The Morgan fingerprint density at radius 2 is 2.30 bits per heavy atom. The van der Waals surface area contributed by atoms with Crippen LogP contribution in [0.1, 0.15) is 25.3 Å². The second kappa shape index (κ2) is 6.31. The molecular weight excluding hydrogens is 299 g/mol. The molecule has 0 bridgehead atoms. The number of hydrogen-bond donors (Lipinski definition) is 2. The number of rotatable bonds is 5. The van der Waals surface area contributed by atoms with Crippen molar-refractivity contribution >= 4 is 29.1 Å². The molecule has 1 aliphatic heterocycles. The van der Waals surface area contributed by atoms with Gasteiger partial charge in [0.2, 0.25) is 5.91 Å². The van der Waals surface area contributed by atoms with E-state index in [2.05, 4.69) is 5.32 Å². The highest BCUT2D eigenvalue weighted by molar-refractivity contribution is 6.35. The van der Waals surface area contributed by atoms with E-state index < -0.39 is 11.4 Å². The Morgan fingerprint density at radius 1 is 1.55 bits per heavy atom. The van der Waals surface area contributed by atoms with Crippen LogP contribution < -0.4 is 11.1 Å². The predicted octanol–water partition coefficient (Wildman–Crippen LogP) is 2.46. The zero-order chi connectivity index (χ0) is 14.8. The molecule has 0 aliphatic carbocycles. The number of nitrogens with two attached hydrogens (primary N) is 1. The van der Waals surface area contributed by atoms with E-state index in [4.69, 9.17) is 33.7 Å². The topological polar surface area (TPSA) is 64.3 Å². The summed E-state index contributed by atoms with van der Waals surface area (Å²) in [6, 6.07) is 5.02. The first kappa shape index (κ1) is 15.6. The lowest BCUT2D eigenvalue weighted by Crippen LogP contribution is -2.52. The normalized spacial score (nSPS) is 21.6. The van der Waals surface area contributed by atoms with Crippen LogP contribution in [0.25, 0.3) is 0 Å². The van der Waals surface area contributed by atoms with Crippen LogP contribution in [0.15, 0.2) is 18.2 Å². The number of hydrogen-bond acceptors (Lipinski definition) is 3. The molecule has 2 atom stereocenters. The van der Waals surface area contributed by atoms with Crippen LogP contribution in [0.5, 0.6) is 0 Å². The van der Waals surface area contributed by atoms with Crippen molar-refractivity contribution in [2.75, 3.05) is 13.2 Å². The summed E-state index contributed by atoms with van der Waals surface area (Å²) in [5.74, 6) is -0.486. The summed E-state index contributed by atoms with van der Waals surface area (Å²) in [4.78, 5) is 11.9. The maximum Gasteiger partial charge on any atom is 0.242 e. The highest BCUT2D eigenvalue weighted by atomic mass is 35.5. The molecular formula is C14H18Cl2N2O2. The molecule has 1 aromatic carbocycles. The number of ether oxygens (including phenoxy) is 1. The molecule has 2 rings (SSSR count). The largest absolute Gasteiger partial charge is 0.377 e. The molecule has 1 aliphatic rings. The van der Waals surface area contributed by atoms with Crippen LogP contribution in [0.3, 0.4) is 0 Å². The smallest absolute Gasteiger partial charge is 0.242 e. The summed E-state index contributed by atoms with van der Waals surface area (Å²) >= 11 is 12.1. The predicted molar refractivity (Wildman–Crippen MR) is 80.0 cm³/mol. The standard InChI is InChI=1S/C14H18Cl2N2O2/c1-14(13(17)19,18-8-10-3-2-6-20-10)11-5-4-9(15)7-12(11)16/h4-5,7,10,18H,2-3,6,8H2,1H3,(H2,17,19). The molecule has 0 radical (unpaired) electrons. The van der Waals surface area contributed by atoms with Gasteiger partial charge in [0.25, 0.3) is 0 Å². The van der Waals surface area contributed by atoms with Gasteiger partial charge in [0.1, 0.15) is 5.54 Å². The first-order valence-electron chi connectivity index (χ1n) is 6.55. The van der Waals surface area contributed by atoms with Gasteiger partial charge in [-0.1, -0.05) is 29.3 Å². The van der Waals surface area contributed by atoms with Gasteiger partial charge in [-0.15, -0.1) is 0 Å². The SMILES string of the molecule is CC(NCC1CCCO1)(C(N)=O)c1ccc(Cl)cc1Cl. The molecule has 1 amide bonds. The fraction of sp³-hybridized carbons (Fsp3) is 0.500. The zero-order valence-electron chi connectivity index (χ0n) is 11.3. The van der Waals surface area contributed by atoms with Crippen molar-refractivity contribution in [1.29, 1.82) is 0 Å². The first-order chi connectivity index (χ1) is 9.43. The third-order valence-corrected chi connectivity index (χ3v) is 4.22. The fourth-order valence-corrected chi connectivity index (χ4v) is 2.93. The van der Waals surface area contributed by atoms with Crippen molar-refractivity contribution in [2.24, 2.45) is 5.73 Å². The van der Waals surface area contributed by atoms with Crippen molar-refractivity contribution in [2.45, 2.75) is 31.4 Å². The Morgan fingerprint density at radius 3 is 2.85 bits per heavy atom. The third-order valence-electron chi connectivity index (χ3n) is 3.67. The molecule has 4 nitrogen and oxygen atoms in total. The van der Waals surface area contributed by atoms with Crippen LogP contribution in [0.2, 0.25) is 10.0 Å². The van der Waals surface area contributed by atoms with E-state index in [0.717, 1.165) is 19.4 Å². The molecule has 0 saturated carbocycles. The Labute approximate surface area is 128 Å². The van der Waals surface area contributed by atoms with Gasteiger partial charge in [-0.05, 0) is 37.5 Å². The summed E-state index contributed by atoms with van der Waals surface area (Å²) in [5, 5.41) is 4.12. The van der Waals surface area contributed by atoms with Crippen LogP contribution in [-0.2, 0) is 15.1 Å². The molecule has 6 heteroatoms. The van der Waals surface area contributed by atoms with Crippen molar-refractivity contribution in [3.05, 3.63) is 33.8 Å². The van der Waals surface area contributed by atoms with E-state index in [1.54, 1.807) is 25.1 Å². The lowest BCUT2D eigenvalue weighted by atomic mass is 9.90. The van der Waals surface area contributed by atoms with Crippen LogP contribution in [0, 0.1) is 0 Å². The molecule has 0 aromatic heterocycles. The minimum absolute atomic E-state index is 0.111. The van der Waals surface area contributed by atoms with Crippen LogP contribution in [0.4, 0.5) is 0 Å². The minimum atomic E-state index is -1.05. The van der Waals surface area contributed by atoms with Gasteiger partial charge in [-0.2, -0.15) is 0 Å². The number of carbonyl (C=O) groups excluding carboxylic acids is 1. The summed E-state index contributed by atoms with van der Waals surface area (Å²) in [6.45, 7) is 3.04. The van der Waals surface area contributed by atoms with E-state index in [1.807, 2.05) is 0 Å². The average Bonchev–Trinajstić information content (AvgIpc) is 2.88. The molecule has 1 fully saturated rings. The Hall–Kier alpha value is -0.810. The van der Waals surface area contributed by atoms with E-state index in [9.17, 15) is 4.79 Å². The molecule has 1 saturated heterocycles. The van der Waals surface area contributed by atoms with E-state index in [1.165, 1.54) is 0 Å². The first-order valence-corrected chi connectivity index (χ1v) is 7.31. The van der Waals surface area contributed by atoms with E-state index >= 15 is 0 Å². The second-order valence-corrected chi connectivity index (χ2v) is 5.97. The van der Waals surface area contributed by atoms with Crippen molar-refractivity contribution in [3.8, 4) is 0 Å². The van der Waals surface area contributed by atoms with Gasteiger partial charge in [0.15, 0.2) is 0 Å². The van der Waals surface area contributed by atoms with Gasteiger partial charge in [-0.3, -0.25) is 10.1 Å². The number of nitrogens with one attached hydrogen (secondary N) is 1. The molecule has 1 aromatic rings. The quantitative estimate of drug-likeness (QED) is 0.877. The fourth-order valence-electron chi connectivity index (χ4n) is 2.33. The van der Waals surface area contributed by atoms with Gasteiger partial charge >= 0.3 is 0 Å². The summed E-state index contributed by atoms with van der Waals surface area (Å²) in [5.41, 5.74) is 5.13. The summed E-state index contributed by atoms with van der Waals surface area (Å²) < 4.78 is 5.54. The lowest BCUT2D eigenvalue weighted by molar-refractivity contribution is -0.124. The monoisotopic (exact) mass is 316 g/mol. The molecule has 110 valence electrons. The second-order valence-electron chi connectivity index (χ2n) is 5.13. The van der Waals surface area contributed by atoms with Crippen molar-refractivity contribution in [1.82, 2.24) is 5.32 Å².